The van der Waals surface area contributed by atoms with Crippen molar-refractivity contribution in [3.05, 3.63) is 70.8 Å². The van der Waals surface area contributed by atoms with Crippen molar-refractivity contribution in [1.82, 2.24) is 0 Å². The lowest BCUT2D eigenvalue weighted by atomic mass is 9.75. The highest BCUT2D eigenvalue weighted by Gasteiger charge is 2.45. The Hall–Kier alpha value is -3.74. The number of nitrogens with zero attached hydrogens (tertiary/aromatic N) is 1. The van der Waals surface area contributed by atoms with Crippen LogP contribution in [0.5, 0.6) is 5.75 Å². The molecule has 7 nitrogen and oxygen atoms in total. The second kappa shape index (κ2) is 8.18. The van der Waals surface area contributed by atoms with Gasteiger partial charge in [-0.1, -0.05) is 36.4 Å². The molecule has 0 N–H and O–H groups in total. The van der Waals surface area contributed by atoms with E-state index in [1.54, 1.807) is 37.3 Å². The van der Waals surface area contributed by atoms with Crippen LogP contribution in [0.2, 0.25) is 0 Å². The molecule has 2 aliphatic rings. The second-order valence-corrected chi connectivity index (χ2v) is 7.30. The summed E-state index contributed by atoms with van der Waals surface area (Å²) >= 11 is 0. The number of carbonyl (C=O) groups excluding carboxylic acids is 3. The van der Waals surface area contributed by atoms with Crippen LogP contribution in [0.15, 0.2) is 59.1 Å². The van der Waals surface area contributed by atoms with Crippen LogP contribution < -0.4 is 4.74 Å². The number of allylic oxidation sites excluding steroid dienone is 1. The van der Waals surface area contributed by atoms with Crippen molar-refractivity contribution in [2.75, 3.05) is 20.8 Å². The summed E-state index contributed by atoms with van der Waals surface area (Å²) in [5.74, 6) is -1.86. The van der Waals surface area contributed by atoms with E-state index < -0.39 is 23.8 Å². The summed E-state index contributed by atoms with van der Waals surface area (Å²) in [6, 6.07) is 14.3. The number of carbonyl (C=O) groups is 3. The maximum atomic E-state index is 13.3. The molecule has 0 aromatic heterocycles. The van der Waals surface area contributed by atoms with Crippen molar-refractivity contribution in [1.29, 1.82) is 0 Å². The molecule has 0 radical (unpaired) electrons. The van der Waals surface area contributed by atoms with E-state index in [0.29, 0.717) is 28.3 Å². The Morgan fingerprint density at radius 3 is 2.29 bits per heavy atom. The Morgan fingerprint density at radius 2 is 1.65 bits per heavy atom. The molecule has 7 heteroatoms. The highest BCUT2D eigenvalue weighted by Crippen LogP contribution is 2.48. The second-order valence-electron chi connectivity index (χ2n) is 7.30. The summed E-state index contributed by atoms with van der Waals surface area (Å²) < 4.78 is 15.0. The van der Waals surface area contributed by atoms with Gasteiger partial charge in [0.2, 0.25) is 0 Å². The average Bonchev–Trinajstić information content (AvgIpc) is 3.08. The van der Waals surface area contributed by atoms with Gasteiger partial charge in [-0.2, -0.15) is 0 Å². The molecule has 0 saturated heterocycles. The Bertz CT molecular complexity index is 1130. The van der Waals surface area contributed by atoms with Gasteiger partial charge in [0.15, 0.2) is 12.4 Å². The number of aliphatic imine (C=N–C) groups is 1. The number of ether oxygens (including phenoxy) is 3. The van der Waals surface area contributed by atoms with Crippen molar-refractivity contribution in [3.63, 3.8) is 0 Å². The maximum Gasteiger partial charge on any atom is 0.343 e. The third-order valence-electron chi connectivity index (χ3n) is 5.59. The monoisotopic (exact) mass is 419 g/mol. The maximum absolute atomic E-state index is 13.3. The van der Waals surface area contributed by atoms with Crippen molar-refractivity contribution in [2.24, 2.45) is 10.9 Å². The molecule has 1 aliphatic carbocycles. The largest absolute Gasteiger partial charge is 0.482 e. The molecule has 0 bridgehead atoms. The lowest BCUT2D eigenvalue weighted by Gasteiger charge is -2.30. The molecule has 31 heavy (non-hydrogen) atoms. The zero-order chi connectivity index (χ0) is 22.1. The quantitative estimate of drug-likeness (QED) is 0.692. The van der Waals surface area contributed by atoms with E-state index in [1.807, 2.05) is 18.2 Å². The predicted octanol–water partition coefficient (Wildman–Crippen LogP) is 3.19. The van der Waals surface area contributed by atoms with Crippen LogP contribution in [0.3, 0.4) is 0 Å². The molecule has 0 spiro atoms. The Labute approximate surface area is 179 Å². The number of methoxy groups -OCH3 is 2. The van der Waals surface area contributed by atoms with Crippen LogP contribution >= 0.6 is 0 Å². The van der Waals surface area contributed by atoms with E-state index in [2.05, 4.69) is 9.73 Å². The number of esters is 2. The van der Waals surface area contributed by atoms with Crippen LogP contribution in [0.4, 0.5) is 0 Å². The first-order valence-electron chi connectivity index (χ1n) is 9.77. The minimum Gasteiger partial charge on any atom is -0.482 e. The fourth-order valence-electron chi connectivity index (χ4n) is 4.11. The first-order chi connectivity index (χ1) is 15.0. The Morgan fingerprint density at radius 1 is 0.968 bits per heavy atom. The first-order valence-corrected chi connectivity index (χ1v) is 9.77. The molecular weight excluding hydrogens is 398 g/mol. The topological polar surface area (TPSA) is 91.3 Å². The van der Waals surface area contributed by atoms with Gasteiger partial charge >= 0.3 is 11.9 Å². The summed E-state index contributed by atoms with van der Waals surface area (Å²) in [6.07, 6.45) is 0. The van der Waals surface area contributed by atoms with Gasteiger partial charge in [0.1, 0.15) is 11.7 Å². The standard InChI is InChI=1S/C24H21NO6/c1-13-19(24(28)30-3)20(14-8-10-15(11-9-14)31-12-18(26)29-2)21-22(25-13)16-6-4-5-7-17(16)23(21)27/h4-11,19-20H,12H2,1-3H3/t19?,20-/m1/s1. The fraction of sp³-hybridized carbons (Fsp3) is 0.250. The van der Waals surface area contributed by atoms with Crippen LogP contribution in [0.25, 0.3) is 5.70 Å². The zero-order valence-electron chi connectivity index (χ0n) is 17.4. The third kappa shape index (κ3) is 3.52. The number of rotatable bonds is 5. The van der Waals surface area contributed by atoms with Gasteiger partial charge in [-0.25, -0.2) is 4.79 Å². The van der Waals surface area contributed by atoms with E-state index in [9.17, 15) is 14.4 Å². The molecule has 2 aromatic carbocycles. The van der Waals surface area contributed by atoms with Gasteiger partial charge in [0.25, 0.3) is 0 Å². The summed E-state index contributed by atoms with van der Waals surface area (Å²) in [5, 5.41) is 0. The Kier molecular flexibility index (Phi) is 5.42. The molecule has 2 aromatic rings. The first kappa shape index (κ1) is 20.5. The van der Waals surface area contributed by atoms with Crippen LogP contribution in [0.1, 0.15) is 34.3 Å². The van der Waals surface area contributed by atoms with E-state index in [0.717, 1.165) is 11.1 Å². The van der Waals surface area contributed by atoms with Crippen molar-refractivity contribution < 1.29 is 28.6 Å². The van der Waals surface area contributed by atoms with E-state index >= 15 is 0 Å². The highest BCUT2D eigenvalue weighted by molar-refractivity contribution is 6.24. The molecule has 2 atom stereocenters. The molecule has 0 amide bonds. The summed E-state index contributed by atoms with van der Waals surface area (Å²) in [6.45, 7) is 1.57. The van der Waals surface area contributed by atoms with Gasteiger partial charge in [-0.15, -0.1) is 0 Å². The summed E-state index contributed by atoms with van der Waals surface area (Å²) in [4.78, 5) is 41.9. The Balaban J connectivity index is 1.76. The molecule has 0 saturated carbocycles. The number of benzene rings is 2. The number of hydrogen-bond donors (Lipinski definition) is 0. The minimum absolute atomic E-state index is 0.133. The molecule has 1 aliphatic heterocycles. The highest BCUT2D eigenvalue weighted by atomic mass is 16.6. The number of fused-ring (bicyclic) bond motifs is 2. The van der Waals surface area contributed by atoms with E-state index in [4.69, 9.17) is 9.47 Å². The molecular formula is C24H21NO6. The fourth-order valence-corrected chi connectivity index (χ4v) is 4.11. The van der Waals surface area contributed by atoms with E-state index in [-0.39, 0.29) is 12.4 Å². The lowest BCUT2D eigenvalue weighted by Crippen LogP contribution is -2.34. The summed E-state index contributed by atoms with van der Waals surface area (Å²) in [5.41, 5.74) is 3.79. The molecule has 0 fully saturated rings. The van der Waals surface area contributed by atoms with E-state index in [1.165, 1.54) is 14.2 Å². The van der Waals surface area contributed by atoms with Gasteiger partial charge in [-0.05, 0) is 24.6 Å². The lowest BCUT2D eigenvalue weighted by molar-refractivity contribution is -0.144. The zero-order valence-corrected chi connectivity index (χ0v) is 17.4. The third-order valence-corrected chi connectivity index (χ3v) is 5.59. The van der Waals surface area contributed by atoms with Gasteiger partial charge in [0, 0.05) is 28.3 Å². The van der Waals surface area contributed by atoms with Crippen LogP contribution in [-0.2, 0) is 19.1 Å². The number of hydrogen-bond acceptors (Lipinski definition) is 7. The summed E-state index contributed by atoms with van der Waals surface area (Å²) in [7, 11) is 2.61. The van der Waals surface area contributed by atoms with Gasteiger partial charge < -0.3 is 14.2 Å². The van der Waals surface area contributed by atoms with Crippen molar-refractivity contribution >= 4 is 29.1 Å². The van der Waals surface area contributed by atoms with Crippen molar-refractivity contribution in [2.45, 2.75) is 12.8 Å². The smallest absolute Gasteiger partial charge is 0.343 e. The molecule has 1 unspecified atom stereocenters. The number of Topliss-reactive ketones (excluding diaryl/α,β-unsaturated/α-hetero) is 1. The normalized spacial score (nSPS) is 19.3. The molecule has 158 valence electrons. The van der Waals surface area contributed by atoms with Gasteiger partial charge in [-0.3, -0.25) is 14.6 Å². The van der Waals surface area contributed by atoms with Gasteiger partial charge in [0.05, 0.1) is 19.9 Å². The number of ketones is 1. The van der Waals surface area contributed by atoms with Crippen LogP contribution in [-0.4, -0.2) is 44.3 Å². The SMILES string of the molecule is COC(=O)COc1ccc([C@H]2C3=C(N=C(C)C2C(=O)OC)c2ccccc2C3=O)cc1. The van der Waals surface area contributed by atoms with Crippen LogP contribution in [0, 0.1) is 5.92 Å². The molecule has 1 heterocycles. The average molecular weight is 419 g/mol. The molecule has 4 rings (SSSR count). The minimum atomic E-state index is -0.719. The van der Waals surface area contributed by atoms with Crippen molar-refractivity contribution in [3.8, 4) is 5.75 Å². The predicted molar refractivity (Wildman–Crippen MR) is 113 cm³/mol.